The van der Waals surface area contributed by atoms with E-state index in [1.807, 2.05) is 30.5 Å². The molecule has 0 unspecified atom stereocenters. The van der Waals surface area contributed by atoms with Crippen LogP contribution in [0.2, 0.25) is 0 Å². The van der Waals surface area contributed by atoms with Crippen LogP contribution in [-0.4, -0.2) is 15.5 Å². The van der Waals surface area contributed by atoms with Gasteiger partial charge in [-0.3, -0.25) is 9.59 Å². The molecule has 1 aliphatic carbocycles. The van der Waals surface area contributed by atoms with Crippen LogP contribution in [0.3, 0.4) is 0 Å². The average Bonchev–Trinajstić information content (AvgIpc) is 3.31. The van der Waals surface area contributed by atoms with E-state index in [0.717, 1.165) is 29.7 Å². The number of amides is 1. The highest BCUT2D eigenvalue weighted by atomic mass is 32.1. The van der Waals surface area contributed by atoms with E-state index in [1.54, 1.807) is 29.0 Å². The first kappa shape index (κ1) is 22.0. The summed E-state index contributed by atoms with van der Waals surface area (Å²) in [5.41, 5.74) is 2.77. The number of pyridine rings is 1. The molecule has 32 heavy (non-hydrogen) atoms. The summed E-state index contributed by atoms with van der Waals surface area (Å²) in [7, 11) is 0. The van der Waals surface area contributed by atoms with Crippen LogP contribution >= 0.6 is 11.3 Å². The summed E-state index contributed by atoms with van der Waals surface area (Å²) < 4.78 is 1.63. The molecule has 2 aromatic heterocycles. The molecule has 2 heterocycles. The first-order chi connectivity index (χ1) is 15.5. The Bertz CT molecular complexity index is 1170. The maximum Gasteiger partial charge on any atom is 0.252 e. The molecule has 3 aromatic rings. The third-order valence-corrected chi connectivity index (χ3v) is 6.85. The number of nitrogens with zero attached hydrogens (tertiary/aromatic N) is 3. The molecule has 6 nitrogen and oxygen atoms in total. The summed E-state index contributed by atoms with van der Waals surface area (Å²) in [5.74, 6) is 0.238. The number of aromatic nitrogens is 2. The van der Waals surface area contributed by atoms with Gasteiger partial charge in [0.25, 0.3) is 5.56 Å². The fourth-order valence-corrected chi connectivity index (χ4v) is 5.09. The van der Waals surface area contributed by atoms with Crippen LogP contribution in [0.25, 0.3) is 11.1 Å². The van der Waals surface area contributed by atoms with E-state index in [4.69, 9.17) is 5.26 Å². The fourth-order valence-electron chi connectivity index (χ4n) is 4.56. The smallest absolute Gasteiger partial charge is 0.252 e. The SMILES string of the molecule is Cc1cc(-c2ccc(C#N)cc2)cc(=O)n1[C@@H](CC1CCCCC1)C(=O)Nc1nccs1. The maximum absolute atomic E-state index is 13.3. The minimum absolute atomic E-state index is 0.193. The third kappa shape index (κ3) is 4.97. The zero-order chi connectivity index (χ0) is 22.5. The number of nitriles is 1. The molecular formula is C25H26N4O2S. The molecule has 1 saturated carbocycles. The second kappa shape index (κ2) is 9.92. The summed E-state index contributed by atoms with van der Waals surface area (Å²) in [5, 5.41) is 14.3. The first-order valence-electron chi connectivity index (χ1n) is 11.0. The minimum atomic E-state index is -0.579. The summed E-state index contributed by atoms with van der Waals surface area (Å²) >= 11 is 1.37. The molecule has 7 heteroatoms. The van der Waals surface area contributed by atoms with Crippen molar-refractivity contribution in [3.05, 3.63) is 69.6 Å². The lowest BCUT2D eigenvalue weighted by molar-refractivity contribution is -0.120. The van der Waals surface area contributed by atoms with Gasteiger partial charge in [0, 0.05) is 23.3 Å². The number of hydrogen-bond acceptors (Lipinski definition) is 5. The Labute approximate surface area is 191 Å². The fraction of sp³-hybridized carbons (Fsp3) is 0.360. The van der Waals surface area contributed by atoms with Crippen molar-refractivity contribution in [2.24, 2.45) is 5.92 Å². The van der Waals surface area contributed by atoms with Crippen molar-refractivity contribution in [2.45, 2.75) is 51.5 Å². The van der Waals surface area contributed by atoms with Crippen molar-refractivity contribution in [1.82, 2.24) is 9.55 Å². The minimum Gasteiger partial charge on any atom is -0.300 e. The lowest BCUT2D eigenvalue weighted by Gasteiger charge is -2.28. The topological polar surface area (TPSA) is 87.8 Å². The maximum atomic E-state index is 13.3. The van der Waals surface area contributed by atoms with Crippen LogP contribution < -0.4 is 10.9 Å². The lowest BCUT2D eigenvalue weighted by Crippen LogP contribution is -2.36. The molecule has 1 aromatic carbocycles. The third-order valence-electron chi connectivity index (χ3n) is 6.17. The van der Waals surface area contributed by atoms with Crippen LogP contribution in [0.4, 0.5) is 5.13 Å². The normalized spacial score (nSPS) is 15.1. The van der Waals surface area contributed by atoms with Gasteiger partial charge in [-0.1, -0.05) is 44.2 Å². The Balaban J connectivity index is 1.67. The van der Waals surface area contributed by atoms with E-state index in [-0.39, 0.29) is 11.5 Å². The van der Waals surface area contributed by atoms with Gasteiger partial charge in [0.05, 0.1) is 11.6 Å². The second-order valence-electron chi connectivity index (χ2n) is 8.36. The van der Waals surface area contributed by atoms with E-state index < -0.39 is 6.04 Å². The summed E-state index contributed by atoms with van der Waals surface area (Å²) in [6.07, 6.45) is 8.09. The van der Waals surface area contributed by atoms with Crippen molar-refractivity contribution in [3.63, 3.8) is 0 Å². The highest BCUT2D eigenvalue weighted by Gasteiger charge is 2.28. The molecule has 164 valence electrons. The predicted molar refractivity (Wildman–Crippen MR) is 127 cm³/mol. The highest BCUT2D eigenvalue weighted by molar-refractivity contribution is 7.13. The molecular weight excluding hydrogens is 420 g/mol. The highest BCUT2D eigenvalue weighted by Crippen LogP contribution is 2.32. The quantitative estimate of drug-likeness (QED) is 0.556. The molecule has 4 rings (SSSR count). The van der Waals surface area contributed by atoms with Crippen LogP contribution in [0, 0.1) is 24.2 Å². The van der Waals surface area contributed by atoms with Gasteiger partial charge in [-0.15, -0.1) is 11.3 Å². The number of rotatable bonds is 6. The molecule has 0 saturated heterocycles. The van der Waals surface area contributed by atoms with Gasteiger partial charge in [0.1, 0.15) is 6.04 Å². The van der Waals surface area contributed by atoms with Gasteiger partial charge >= 0.3 is 0 Å². The van der Waals surface area contributed by atoms with Gasteiger partial charge in [-0.2, -0.15) is 5.26 Å². The molecule has 1 N–H and O–H groups in total. The molecule has 1 atom stereocenters. The van der Waals surface area contributed by atoms with Gasteiger partial charge in [-0.25, -0.2) is 4.98 Å². The van der Waals surface area contributed by atoms with E-state index in [0.29, 0.717) is 23.0 Å². The predicted octanol–water partition coefficient (Wildman–Crippen LogP) is 5.30. The van der Waals surface area contributed by atoms with E-state index >= 15 is 0 Å². The van der Waals surface area contributed by atoms with Crippen molar-refractivity contribution >= 4 is 22.4 Å². The molecule has 0 spiro atoms. The monoisotopic (exact) mass is 446 g/mol. The number of benzene rings is 1. The van der Waals surface area contributed by atoms with Crippen LogP contribution in [0.1, 0.15) is 55.8 Å². The zero-order valence-corrected chi connectivity index (χ0v) is 18.9. The second-order valence-corrected chi connectivity index (χ2v) is 9.26. The summed E-state index contributed by atoms with van der Waals surface area (Å²) in [6.45, 7) is 1.87. The summed E-state index contributed by atoms with van der Waals surface area (Å²) in [4.78, 5) is 30.7. The van der Waals surface area contributed by atoms with Crippen LogP contribution in [-0.2, 0) is 4.79 Å². The number of nitrogens with one attached hydrogen (secondary N) is 1. The first-order valence-corrected chi connectivity index (χ1v) is 11.9. The van der Waals surface area contributed by atoms with Gasteiger partial charge in [-0.05, 0) is 48.6 Å². The van der Waals surface area contributed by atoms with Gasteiger partial charge in [0.2, 0.25) is 5.91 Å². The van der Waals surface area contributed by atoms with Crippen LogP contribution in [0.5, 0.6) is 0 Å². The number of carbonyl (C=O) groups excluding carboxylic acids is 1. The van der Waals surface area contributed by atoms with E-state index in [9.17, 15) is 9.59 Å². The Morgan fingerprint density at radius 1 is 1.22 bits per heavy atom. The number of aryl methyl sites for hydroxylation is 1. The van der Waals surface area contributed by atoms with Crippen molar-refractivity contribution in [2.75, 3.05) is 5.32 Å². The Morgan fingerprint density at radius 3 is 2.59 bits per heavy atom. The zero-order valence-electron chi connectivity index (χ0n) is 18.1. The largest absolute Gasteiger partial charge is 0.300 e. The molecule has 0 aliphatic heterocycles. The number of anilines is 1. The number of carbonyl (C=O) groups is 1. The van der Waals surface area contributed by atoms with Crippen molar-refractivity contribution in [3.8, 4) is 17.2 Å². The van der Waals surface area contributed by atoms with E-state index in [1.165, 1.54) is 30.6 Å². The Kier molecular flexibility index (Phi) is 6.81. The van der Waals surface area contributed by atoms with Crippen molar-refractivity contribution < 1.29 is 4.79 Å². The van der Waals surface area contributed by atoms with Gasteiger partial charge < -0.3 is 9.88 Å². The van der Waals surface area contributed by atoms with E-state index in [2.05, 4.69) is 16.4 Å². The molecule has 0 radical (unpaired) electrons. The average molecular weight is 447 g/mol. The van der Waals surface area contributed by atoms with Crippen molar-refractivity contribution in [1.29, 1.82) is 5.26 Å². The van der Waals surface area contributed by atoms with Gasteiger partial charge in [0.15, 0.2) is 5.13 Å². The molecule has 0 bridgehead atoms. The lowest BCUT2D eigenvalue weighted by atomic mass is 9.84. The summed E-state index contributed by atoms with van der Waals surface area (Å²) in [6, 6.07) is 12.2. The Hall–Kier alpha value is -3.24. The van der Waals surface area contributed by atoms with Crippen LogP contribution in [0.15, 0.2) is 52.8 Å². The Morgan fingerprint density at radius 2 is 1.97 bits per heavy atom. The number of thiazole rings is 1. The molecule has 1 fully saturated rings. The molecule has 1 amide bonds. The molecule has 1 aliphatic rings. The number of hydrogen-bond donors (Lipinski definition) is 1. The standard InChI is InChI=1S/C25H26N4O2S/c1-17-13-21(20-9-7-19(16-26)8-10-20)15-23(30)29(17)22(14-18-5-3-2-4-6-18)24(31)28-25-27-11-12-32-25/h7-13,15,18,22H,2-6,14H2,1H3,(H,27,28,31)/t22-/m0/s1.